The van der Waals surface area contributed by atoms with E-state index >= 15 is 0 Å². The van der Waals surface area contributed by atoms with Crippen LogP contribution >= 0.6 is 0 Å². The lowest BCUT2D eigenvalue weighted by atomic mass is 10.1. The van der Waals surface area contributed by atoms with Gasteiger partial charge in [-0.3, -0.25) is 30.0 Å². The van der Waals surface area contributed by atoms with E-state index in [1.165, 1.54) is 31.2 Å². The van der Waals surface area contributed by atoms with Crippen molar-refractivity contribution in [2.75, 3.05) is 7.11 Å². The van der Waals surface area contributed by atoms with Gasteiger partial charge in [-0.25, -0.2) is 0 Å². The van der Waals surface area contributed by atoms with Crippen molar-refractivity contribution in [3.63, 3.8) is 0 Å². The molecule has 0 saturated heterocycles. The number of ether oxygens (including phenoxy) is 3. The van der Waals surface area contributed by atoms with E-state index in [0.29, 0.717) is 11.1 Å². The second-order valence-corrected chi connectivity index (χ2v) is 7.15. The number of hydrazone groups is 1. The highest BCUT2D eigenvalue weighted by atomic mass is 16.6. The third kappa shape index (κ3) is 4.68. The summed E-state index contributed by atoms with van der Waals surface area (Å²) >= 11 is 0. The van der Waals surface area contributed by atoms with Crippen LogP contribution in [-0.2, 0) is 9.53 Å². The van der Waals surface area contributed by atoms with E-state index in [1.807, 2.05) is 0 Å². The second kappa shape index (κ2) is 9.43. The van der Waals surface area contributed by atoms with Gasteiger partial charge in [0.1, 0.15) is 0 Å². The smallest absolute Gasteiger partial charge is 0.318 e. The average Bonchev–Trinajstić information content (AvgIpc) is 3.31. The quantitative estimate of drug-likeness (QED) is 0.361. The lowest BCUT2D eigenvalue weighted by molar-refractivity contribution is -0.394. The molecule has 1 aliphatic rings. The van der Waals surface area contributed by atoms with Crippen LogP contribution in [0.2, 0.25) is 0 Å². The Morgan fingerprint density at radius 1 is 1.00 bits per heavy atom. The number of carbonyl (C=O) groups excluding carboxylic acids is 1. The van der Waals surface area contributed by atoms with E-state index in [1.54, 1.807) is 30.6 Å². The second-order valence-electron chi connectivity index (χ2n) is 7.15. The molecule has 1 aromatic heterocycles. The number of pyridine rings is 1. The molecule has 1 unspecified atom stereocenters. The average molecular weight is 479 g/mol. The first kappa shape index (κ1) is 23.1. The molecule has 35 heavy (non-hydrogen) atoms. The number of benzene rings is 2. The number of rotatable bonds is 7. The monoisotopic (exact) mass is 479 g/mol. The van der Waals surface area contributed by atoms with Crippen molar-refractivity contribution in [2.24, 2.45) is 5.10 Å². The van der Waals surface area contributed by atoms with Crippen LogP contribution in [0.1, 0.15) is 24.3 Å². The topological polar surface area (TPSA) is 160 Å². The van der Waals surface area contributed by atoms with E-state index in [-0.39, 0.29) is 29.1 Å². The molecular formula is C22H17N5O8. The number of nitro groups is 2. The van der Waals surface area contributed by atoms with Gasteiger partial charge in [-0.1, -0.05) is 0 Å². The van der Waals surface area contributed by atoms with Gasteiger partial charge < -0.3 is 14.2 Å². The van der Waals surface area contributed by atoms with Crippen molar-refractivity contribution >= 4 is 23.2 Å². The van der Waals surface area contributed by atoms with Gasteiger partial charge in [0.25, 0.3) is 5.69 Å². The number of methoxy groups -OCH3 is 1. The first-order chi connectivity index (χ1) is 16.8. The Bertz CT molecular complexity index is 1340. The van der Waals surface area contributed by atoms with Crippen LogP contribution in [-0.4, -0.2) is 38.8 Å². The number of hydrogen-bond donors (Lipinski definition) is 0. The summed E-state index contributed by atoms with van der Waals surface area (Å²) < 4.78 is 17.0. The van der Waals surface area contributed by atoms with Gasteiger partial charge in [0.05, 0.1) is 23.0 Å². The minimum atomic E-state index is -0.896. The molecule has 0 fully saturated rings. The molecule has 2 aromatic carbocycles. The van der Waals surface area contributed by atoms with Gasteiger partial charge in [0.15, 0.2) is 11.5 Å². The fourth-order valence-corrected chi connectivity index (χ4v) is 3.28. The summed E-state index contributed by atoms with van der Waals surface area (Å²) in [6.45, 7) is 1.35. The first-order valence-electron chi connectivity index (χ1n) is 10.0. The largest absolute Gasteiger partial charge is 0.493 e. The number of nitro benzene ring substituents is 2. The third-order valence-corrected chi connectivity index (χ3v) is 4.94. The molecule has 1 atom stereocenters. The molecule has 0 saturated carbocycles. The molecule has 1 aliphatic heterocycles. The maximum atomic E-state index is 12.2. The van der Waals surface area contributed by atoms with Crippen LogP contribution in [0, 0.1) is 20.2 Å². The van der Waals surface area contributed by atoms with Gasteiger partial charge in [-0.2, -0.15) is 5.01 Å². The van der Waals surface area contributed by atoms with Gasteiger partial charge in [-0.05, 0) is 36.4 Å². The Morgan fingerprint density at radius 2 is 1.71 bits per heavy atom. The number of nitrogens with zero attached hydrogens (tertiary/aromatic N) is 5. The summed E-state index contributed by atoms with van der Waals surface area (Å²) in [6, 6.07) is 11.0. The SMILES string of the molecule is COc1cc(C2OC(c3ccncc3)=NN2C(C)=O)ccc1Oc1ccc([N+](=O)[O-])cc1[N+](=O)[O-]. The van der Waals surface area contributed by atoms with E-state index in [4.69, 9.17) is 14.2 Å². The molecule has 1 amide bonds. The molecule has 178 valence electrons. The Kier molecular flexibility index (Phi) is 6.22. The van der Waals surface area contributed by atoms with Crippen molar-refractivity contribution < 1.29 is 28.9 Å². The zero-order chi connectivity index (χ0) is 25.1. The summed E-state index contributed by atoms with van der Waals surface area (Å²) in [5.74, 6) is -0.0545. The summed E-state index contributed by atoms with van der Waals surface area (Å²) in [5, 5.41) is 27.8. The van der Waals surface area contributed by atoms with E-state index in [0.717, 1.165) is 18.2 Å². The van der Waals surface area contributed by atoms with Crippen LogP contribution in [0.25, 0.3) is 0 Å². The fraction of sp³-hybridized carbons (Fsp3) is 0.136. The Labute approximate surface area is 197 Å². The molecule has 4 rings (SSSR count). The van der Waals surface area contributed by atoms with Gasteiger partial charge >= 0.3 is 5.69 Å². The van der Waals surface area contributed by atoms with Gasteiger partial charge in [0, 0.05) is 36.5 Å². The lowest BCUT2D eigenvalue weighted by Crippen LogP contribution is -2.25. The maximum Gasteiger partial charge on any atom is 0.318 e. The van der Waals surface area contributed by atoms with E-state index < -0.39 is 27.4 Å². The van der Waals surface area contributed by atoms with E-state index in [2.05, 4.69) is 10.1 Å². The predicted molar refractivity (Wildman–Crippen MR) is 120 cm³/mol. The number of aromatic nitrogens is 1. The van der Waals surface area contributed by atoms with Crippen LogP contribution in [0.15, 0.2) is 66.0 Å². The molecular weight excluding hydrogens is 462 g/mol. The van der Waals surface area contributed by atoms with Crippen molar-refractivity contribution in [3.8, 4) is 17.2 Å². The summed E-state index contributed by atoms with van der Waals surface area (Å²) in [6.07, 6.45) is 2.24. The molecule has 3 aromatic rings. The predicted octanol–water partition coefficient (Wildman–Crippen LogP) is 3.94. The number of carbonyl (C=O) groups is 1. The molecule has 2 heterocycles. The highest BCUT2D eigenvalue weighted by Crippen LogP contribution is 2.40. The number of hydrogen-bond acceptors (Lipinski definition) is 10. The zero-order valence-electron chi connectivity index (χ0n) is 18.4. The number of non-ortho nitro benzene ring substituents is 1. The zero-order valence-corrected chi connectivity index (χ0v) is 18.4. The molecule has 0 aliphatic carbocycles. The summed E-state index contributed by atoms with van der Waals surface area (Å²) in [5.41, 5.74) is 0.100. The Balaban J connectivity index is 1.65. The lowest BCUT2D eigenvalue weighted by Gasteiger charge is -2.20. The van der Waals surface area contributed by atoms with Crippen molar-refractivity contribution in [2.45, 2.75) is 13.2 Å². The fourth-order valence-electron chi connectivity index (χ4n) is 3.28. The van der Waals surface area contributed by atoms with Crippen molar-refractivity contribution in [3.05, 3.63) is 92.3 Å². The number of amides is 1. The normalized spacial score (nSPS) is 14.6. The molecule has 13 heteroatoms. The first-order valence-corrected chi connectivity index (χ1v) is 10.0. The molecule has 0 spiro atoms. The van der Waals surface area contributed by atoms with Crippen LogP contribution < -0.4 is 9.47 Å². The molecule has 0 radical (unpaired) electrons. The standard InChI is InChI=1S/C22H17N5O8/c1-13(28)25-22(35-21(24-25)14-7-9-23-10-8-14)15-3-5-19(20(11-15)33-2)34-18-6-4-16(26(29)30)12-17(18)27(31)32/h3-12,22H,1-2H3. The van der Waals surface area contributed by atoms with Crippen LogP contribution in [0.4, 0.5) is 11.4 Å². The van der Waals surface area contributed by atoms with Crippen LogP contribution in [0.3, 0.4) is 0 Å². The molecule has 0 N–H and O–H groups in total. The third-order valence-electron chi connectivity index (χ3n) is 4.94. The van der Waals surface area contributed by atoms with Gasteiger partial charge in [0.2, 0.25) is 23.8 Å². The highest BCUT2D eigenvalue weighted by Gasteiger charge is 2.34. The summed E-state index contributed by atoms with van der Waals surface area (Å²) in [7, 11) is 1.37. The van der Waals surface area contributed by atoms with Crippen molar-refractivity contribution in [1.29, 1.82) is 0 Å². The highest BCUT2D eigenvalue weighted by molar-refractivity contribution is 5.96. The van der Waals surface area contributed by atoms with E-state index in [9.17, 15) is 25.0 Å². The van der Waals surface area contributed by atoms with Crippen molar-refractivity contribution in [1.82, 2.24) is 9.99 Å². The minimum Gasteiger partial charge on any atom is -0.493 e. The van der Waals surface area contributed by atoms with Gasteiger partial charge in [-0.15, -0.1) is 5.10 Å². The maximum absolute atomic E-state index is 12.2. The Hall–Kier alpha value is -5.07. The molecule has 0 bridgehead atoms. The Morgan fingerprint density at radius 3 is 2.34 bits per heavy atom. The summed E-state index contributed by atoms with van der Waals surface area (Å²) in [4.78, 5) is 37.0. The molecule has 13 nitrogen and oxygen atoms in total. The minimum absolute atomic E-state index is 0.107. The van der Waals surface area contributed by atoms with Crippen LogP contribution in [0.5, 0.6) is 17.2 Å².